The number of nitrogens with two attached hydrogens (primary N) is 1. The fraction of sp³-hybridized carbons (Fsp3) is 0.667. The molecule has 7 heteroatoms. The fourth-order valence-electron chi connectivity index (χ4n) is 0.915. The molecule has 6 nitrogen and oxygen atoms in total. The van der Waals surface area contributed by atoms with Crippen molar-refractivity contribution in [2.75, 3.05) is 11.5 Å². The van der Waals surface area contributed by atoms with Crippen LogP contribution in [-0.2, 0) is 4.79 Å². The second-order valence-electron chi connectivity index (χ2n) is 3.89. The largest absolute Gasteiger partial charge is 0.368 e. The number of hydrogen-bond donors (Lipinski definition) is 3. The minimum Gasteiger partial charge on any atom is -0.368 e. The summed E-state index contributed by atoms with van der Waals surface area (Å²) in [6, 6.07) is 0.172. The molecule has 90 valence electrons. The number of carbonyl (C=O) groups is 1. The van der Waals surface area contributed by atoms with Crippen LogP contribution in [0.5, 0.6) is 0 Å². The van der Waals surface area contributed by atoms with Crippen LogP contribution in [0.2, 0.25) is 0 Å². The lowest BCUT2D eigenvalue weighted by molar-refractivity contribution is -0.119. The molecule has 1 heterocycles. The summed E-state index contributed by atoms with van der Waals surface area (Å²) in [7, 11) is 0. The molecule has 1 aromatic heterocycles. The fourth-order valence-corrected chi connectivity index (χ4v) is 1.53. The highest BCUT2D eigenvalue weighted by molar-refractivity contribution is 7.99. The molecule has 1 amide bonds. The van der Waals surface area contributed by atoms with Gasteiger partial charge in [0.25, 0.3) is 0 Å². The Labute approximate surface area is 98.8 Å². The number of aromatic amines is 1. The number of H-pyrrole nitrogens is 1. The lowest BCUT2D eigenvalue weighted by Gasteiger charge is -2.16. The summed E-state index contributed by atoms with van der Waals surface area (Å²) in [6.07, 6.45) is 0. The lowest BCUT2D eigenvalue weighted by atomic mass is 10.1. The standard InChI is InChI=1S/C9H17N5OS/c1-5(2)6(3)11-7(15)4-16-9-12-8(10)13-14-9/h5-6H,4H2,1-3H3,(H,11,15)(H3,10,12,13,14)/t6-/m0/s1. The Morgan fingerprint density at radius 1 is 1.56 bits per heavy atom. The van der Waals surface area contributed by atoms with Gasteiger partial charge in [0.05, 0.1) is 5.75 Å². The number of aromatic nitrogens is 3. The van der Waals surface area contributed by atoms with E-state index >= 15 is 0 Å². The SMILES string of the molecule is CC(C)[C@H](C)NC(=O)CSc1n[nH]c(N)n1. The molecule has 0 radical (unpaired) electrons. The third kappa shape index (κ3) is 4.09. The smallest absolute Gasteiger partial charge is 0.230 e. The molecular formula is C9H17N5OS. The van der Waals surface area contributed by atoms with E-state index in [1.165, 1.54) is 11.8 Å². The maximum Gasteiger partial charge on any atom is 0.230 e. The van der Waals surface area contributed by atoms with Gasteiger partial charge in [-0.25, -0.2) is 5.10 Å². The third-order valence-corrected chi connectivity index (χ3v) is 3.05. The number of anilines is 1. The van der Waals surface area contributed by atoms with Crippen molar-refractivity contribution in [3.05, 3.63) is 0 Å². The van der Waals surface area contributed by atoms with Gasteiger partial charge in [0.2, 0.25) is 17.0 Å². The van der Waals surface area contributed by atoms with E-state index in [-0.39, 0.29) is 17.9 Å². The van der Waals surface area contributed by atoms with Crippen LogP contribution in [0.4, 0.5) is 5.95 Å². The summed E-state index contributed by atoms with van der Waals surface area (Å²) < 4.78 is 0. The van der Waals surface area contributed by atoms with E-state index in [4.69, 9.17) is 5.73 Å². The van der Waals surface area contributed by atoms with Crippen molar-refractivity contribution in [3.63, 3.8) is 0 Å². The van der Waals surface area contributed by atoms with Gasteiger partial charge >= 0.3 is 0 Å². The topological polar surface area (TPSA) is 96.7 Å². The number of nitrogens with zero attached hydrogens (tertiary/aromatic N) is 2. The van der Waals surface area contributed by atoms with E-state index < -0.39 is 0 Å². The first-order valence-electron chi connectivity index (χ1n) is 5.09. The van der Waals surface area contributed by atoms with E-state index in [1.54, 1.807) is 0 Å². The summed E-state index contributed by atoms with van der Waals surface area (Å²) in [5.41, 5.74) is 5.36. The molecule has 1 atom stereocenters. The predicted octanol–water partition coefficient (Wildman–Crippen LogP) is 0.640. The Morgan fingerprint density at radius 3 is 2.75 bits per heavy atom. The van der Waals surface area contributed by atoms with Gasteiger partial charge < -0.3 is 11.1 Å². The molecule has 0 fully saturated rings. The van der Waals surface area contributed by atoms with Gasteiger partial charge in [0, 0.05) is 6.04 Å². The van der Waals surface area contributed by atoms with E-state index in [2.05, 4.69) is 34.3 Å². The third-order valence-electron chi connectivity index (χ3n) is 2.20. The molecule has 0 aliphatic heterocycles. The van der Waals surface area contributed by atoms with Crippen molar-refractivity contribution in [2.24, 2.45) is 5.92 Å². The van der Waals surface area contributed by atoms with Gasteiger partial charge in [-0.3, -0.25) is 4.79 Å². The van der Waals surface area contributed by atoms with Gasteiger partial charge in [-0.05, 0) is 12.8 Å². The van der Waals surface area contributed by atoms with Crippen molar-refractivity contribution in [2.45, 2.75) is 32.0 Å². The van der Waals surface area contributed by atoms with Gasteiger partial charge in [-0.1, -0.05) is 25.6 Å². The first-order valence-corrected chi connectivity index (χ1v) is 6.07. The van der Waals surface area contributed by atoms with Gasteiger partial charge in [0.15, 0.2) is 0 Å². The Morgan fingerprint density at radius 2 is 2.25 bits per heavy atom. The van der Waals surface area contributed by atoms with Crippen LogP contribution < -0.4 is 11.1 Å². The van der Waals surface area contributed by atoms with Crippen molar-refractivity contribution >= 4 is 23.6 Å². The molecule has 0 aromatic carbocycles. The monoisotopic (exact) mass is 243 g/mol. The number of nitrogens with one attached hydrogen (secondary N) is 2. The quantitative estimate of drug-likeness (QED) is 0.659. The molecule has 4 N–H and O–H groups in total. The first kappa shape index (κ1) is 12.8. The Kier molecular flexibility index (Phi) is 4.60. The minimum atomic E-state index is -0.0189. The molecule has 0 aliphatic carbocycles. The highest BCUT2D eigenvalue weighted by Gasteiger charge is 2.11. The average Bonchev–Trinajstić information content (AvgIpc) is 2.61. The van der Waals surface area contributed by atoms with Crippen LogP contribution in [-0.4, -0.2) is 32.9 Å². The van der Waals surface area contributed by atoms with E-state index in [1.807, 2.05) is 6.92 Å². The molecular weight excluding hydrogens is 226 g/mol. The highest BCUT2D eigenvalue weighted by Crippen LogP contribution is 2.12. The zero-order valence-corrected chi connectivity index (χ0v) is 10.5. The summed E-state index contributed by atoms with van der Waals surface area (Å²) in [5, 5.41) is 9.73. The van der Waals surface area contributed by atoms with Crippen LogP contribution in [0.15, 0.2) is 5.16 Å². The molecule has 0 spiro atoms. The van der Waals surface area contributed by atoms with Crippen LogP contribution in [0.3, 0.4) is 0 Å². The second-order valence-corrected chi connectivity index (χ2v) is 4.83. The predicted molar refractivity (Wildman–Crippen MR) is 64.0 cm³/mol. The molecule has 16 heavy (non-hydrogen) atoms. The normalized spacial score (nSPS) is 12.8. The number of thioether (sulfide) groups is 1. The molecule has 0 aliphatic rings. The summed E-state index contributed by atoms with van der Waals surface area (Å²) in [4.78, 5) is 15.4. The number of hydrogen-bond acceptors (Lipinski definition) is 5. The number of nitrogen functional groups attached to an aromatic ring is 1. The zero-order chi connectivity index (χ0) is 12.1. The Balaban J connectivity index is 2.30. The van der Waals surface area contributed by atoms with Crippen molar-refractivity contribution in [1.29, 1.82) is 0 Å². The minimum absolute atomic E-state index is 0.0189. The van der Waals surface area contributed by atoms with Crippen molar-refractivity contribution in [1.82, 2.24) is 20.5 Å². The van der Waals surface area contributed by atoms with Crippen LogP contribution in [0.25, 0.3) is 0 Å². The highest BCUT2D eigenvalue weighted by atomic mass is 32.2. The van der Waals surface area contributed by atoms with Crippen molar-refractivity contribution in [3.8, 4) is 0 Å². The van der Waals surface area contributed by atoms with Gasteiger partial charge in [-0.2, -0.15) is 4.98 Å². The van der Waals surface area contributed by atoms with Crippen molar-refractivity contribution < 1.29 is 4.79 Å². The molecule has 1 rings (SSSR count). The van der Waals surface area contributed by atoms with Crippen LogP contribution in [0.1, 0.15) is 20.8 Å². The van der Waals surface area contributed by atoms with Crippen LogP contribution >= 0.6 is 11.8 Å². The van der Waals surface area contributed by atoms with Gasteiger partial charge in [0.1, 0.15) is 0 Å². The molecule has 0 saturated heterocycles. The maximum absolute atomic E-state index is 11.5. The first-order chi connectivity index (χ1) is 7.49. The molecule has 0 unspecified atom stereocenters. The van der Waals surface area contributed by atoms with Gasteiger partial charge in [-0.15, -0.1) is 5.10 Å². The van der Waals surface area contributed by atoms with E-state index in [0.717, 1.165) is 0 Å². The lowest BCUT2D eigenvalue weighted by Crippen LogP contribution is -2.37. The number of rotatable bonds is 5. The number of amides is 1. The summed E-state index contributed by atoms with van der Waals surface area (Å²) >= 11 is 1.26. The zero-order valence-electron chi connectivity index (χ0n) is 9.65. The maximum atomic E-state index is 11.5. The molecule has 0 saturated carbocycles. The summed E-state index contributed by atoms with van der Waals surface area (Å²) in [5.74, 6) is 0.968. The Bertz CT molecular complexity index is 351. The second kappa shape index (κ2) is 5.74. The molecule has 0 bridgehead atoms. The number of carbonyl (C=O) groups excluding carboxylic acids is 1. The molecule has 1 aromatic rings. The average molecular weight is 243 g/mol. The van der Waals surface area contributed by atoms with Crippen LogP contribution in [0, 0.1) is 5.92 Å². The van der Waals surface area contributed by atoms with E-state index in [9.17, 15) is 4.79 Å². The Hall–Kier alpha value is -1.24. The van der Waals surface area contributed by atoms with E-state index in [0.29, 0.717) is 16.8 Å². The summed E-state index contributed by atoms with van der Waals surface area (Å²) in [6.45, 7) is 6.11.